The summed E-state index contributed by atoms with van der Waals surface area (Å²) in [4.78, 5) is 29.8. The van der Waals surface area contributed by atoms with Crippen LogP contribution in [0, 0.1) is 6.92 Å². The summed E-state index contributed by atoms with van der Waals surface area (Å²) < 4.78 is 2.60. The number of hydrogen-bond acceptors (Lipinski definition) is 5. The lowest BCUT2D eigenvalue weighted by atomic mass is 10.2. The van der Waals surface area contributed by atoms with E-state index in [9.17, 15) is 9.59 Å². The molecule has 1 heterocycles. The van der Waals surface area contributed by atoms with Gasteiger partial charge < -0.3 is 5.32 Å². The van der Waals surface area contributed by atoms with Crippen LogP contribution in [-0.2, 0) is 16.7 Å². The average Bonchev–Trinajstić information content (AvgIpc) is 2.86. The lowest BCUT2D eigenvalue weighted by Crippen LogP contribution is -2.40. The maximum atomic E-state index is 12.3. The van der Waals surface area contributed by atoms with E-state index in [4.69, 9.17) is 28.0 Å². The molecule has 2 N–H and O–H groups in total. The van der Waals surface area contributed by atoms with E-state index in [0.29, 0.717) is 28.6 Å². The molecule has 0 radical (unpaired) electrons. The number of carbonyl (C=O) groups excluding carboxylic acids is 1. The van der Waals surface area contributed by atoms with Gasteiger partial charge in [0, 0.05) is 7.05 Å². The van der Waals surface area contributed by atoms with Crippen LogP contribution in [0.3, 0.4) is 0 Å². The van der Waals surface area contributed by atoms with E-state index < -0.39 is 6.04 Å². The predicted octanol–water partition coefficient (Wildman–Crippen LogP) is 2.83. The van der Waals surface area contributed by atoms with Crippen molar-refractivity contribution < 1.29 is 9.63 Å². The fourth-order valence-corrected chi connectivity index (χ4v) is 2.81. The smallest absolute Gasteiger partial charge is 0.350 e. The molecule has 10 heteroatoms. The van der Waals surface area contributed by atoms with E-state index in [1.807, 2.05) is 20.8 Å². The number of hydroxylamine groups is 1. The molecule has 0 spiro atoms. The SMILES string of the molecule is CCC(Nc1cc(-n2nc(C)n(C)c2=O)c(Cl)cc1Cl)C(=O)NOC(C)C. The van der Waals surface area contributed by atoms with Gasteiger partial charge >= 0.3 is 5.69 Å². The first kappa shape index (κ1) is 21.3. The number of carbonyl (C=O) groups is 1. The topological polar surface area (TPSA) is 90.2 Å². The van der Waals surface area contributed by atoms with Crippen LogP contribution < -0.4 is 16.5 Å². The molecule has 1 aromatic heterocycles. The fraction of sp³-hybridized carbons (Fsp3) is 0.471. The molecule has 0 aliphatic rings. The van der Waals surface area contributed by atoms with Crippen LogP contribution in [0.5, 0.6) is 0 Å². The van der Waals surface area contributed by atoms with Crippen molar-refractivity contribution in [2.75, 3.05) is 5.32 Å². The number of nitrogens with one attached hydrogen (secondary N) is 2. The van der Waals surface area contributed by atoms with Crippen molar-refractivity contribution in [1.29, 1.82) is 0 Å². The zero-order valence-electron chi connectivity index (χ0n) is 15.8. The molecule has 27 heavy (non-hydrogen) atoms. The lowest BCUT2D eigenvalue weighted by Gasteiger charge is -2.20. The largest absolute Gasteiger partial charge is 0.372 e. The minimum Gasteiger partial charge on any atom is -0.372 e. The van der Waals surface area contributed by atoms with Crippen LogP contribution in [-0.4, -0.2) is 32.4 Å². The van der Waals surface area contributed by atoms with Gasteiger partial charge in [0.05, 0.1) is 27.5 Å². The summed E-state index contributed by atoms with van der Waals surface area (Å²) in [6.45, 7) is 7.18. The van der Waals surface area contributed by atoms with Gasteiger partial charge in [-0.3, -0.25) is 14.2 Å². The molecule has 2 rings (SSSR count). The zero-order valence-corrected chi connectivity index (χ0v) is 17.4. The Bertz CT molecular complexity index is 891. The molecular weight excluding hydrogens is 393 g/mol. The number of rotatable bonds is 7. The van der Waals surface area contributed by atoms with Crippen molar-refractivity contribution >= 4 is 34.8 Å². The highest BCUT2D eigenvalue weighted by molar-refractivity contribution is 6.37. The van der Waals surface area contributed by atoms with Crippen LogP contribution >= 0.6 is 23.2 Å². The normalized spacial score (nSPS) is 12.3. The third-order valence-corrected chi connectivity index (χ3v) is 4.53. The second-order valence-electron chi connectivity index (χ2n) is 6.32. The Hall–Kier alpha value is -2.03. The van der Waals surface area contributed by atoms with Crippen molar-refractivity contribution in [3.63, 3.8) is 0 Å². The highest BCUT2D eigenvalue weighted by Crippen LogP contribution is 2.31. The fourth-order valence-electron chi connectivity index (χ4n) is 2.29. The highest BCUT2D eigenvalue weighted by Gasteiger charge is 2.20. The van der Waals surface area contributed by atoms with Crippen LogP contribution in [0.4, 0.5) is 5.69 Å². The Morgan fingerprint density at radius 3 is 2.48 bits per heavy atom. The molecule has 0 fully saturated rings. The first-order chi connectivity index (χ1) is 12.6. The maximum absolute atomic E-state index is 12.3. The Kier molecular flexibility index (Phi) is 6.91. The van der Waals surface area contributed by atoms with Gasteiger partial charge in [0.2, 0.25) is 0 Å². The number of nitrogens with zero attached hydrogens (tertiary/aromatic N) is 3. The van der Waals surface area contributed by atoms with E-state index in [1.54, 1.807) is 20.0 Å². The summed E-state index contributed by atoms with van der Waals surface area (Å²) >= 11 is 12.5. The van der Waals surface area contributed by atoms with Gasteiger partial charge in [-0.1, -0.05) is 30.1 Å². The number of amides is 1. The third-order valence-electron chi connectivity index (χ3n) is 3.91. The number of hydrogen-bond donors (Lipinski definition) is 2. The molecular formula is C17H23Cl2N5O3. The van der Waals surface area contributed by atoms with Gasteiger partial charge in [-0.2, -0.15) is 9.78 Å². The highest BCUT2D eigenvalue weighted by atomic mass is 35.5. The van der Waals surface area contributed by atoms with Crippen molar-refractivity contribution in [3.8, 4) is 5.69 Å². The first-order valence-electron chi connectivity index (χ1n) is 8.49. The van der Waals surface area contributed by atoms with Crippen molar-refractivity contribution in [3.05, 3.63) is 38.5 Å². The molecule has 0 saturated heterocycles. The second-order valence-corrected chi connectivity index (χ2v) is 7.14. The van der Waals surface area contributed by atoms with Crippen molar-refractivity contribution in [1.82, 2.24) is 19.8 Å². The summed E-state index contributed by atoms with van der Waals surface area (Å²) in [6, 6.07) is 2.52. The molecule has 1 atom stereocenters. The standard InChI is InChI=1S/C17H23Cl2N5O3/c1-6-13(16(25)22-27-9(2)3)20-14-8-15(12(19)7-11(14)18)24-17(26)23(5)10(4)21-24/h7-9,13,20H,6H2,1-5H3,(H,22,25). The molecule has 2 aromatic rings. The van der Waals surface area contributed by atoms with E-state index in [2.05, 4.69) is 15.9 Å². The monoisotopic (exact) mass is 415 g/mol. The van der Waals surface area contributed by atoms with Gasteiger partial charge in [-0.25, -0.2) is 10.3 Å². The van der Waals surface area contributed by atoms with E-state index in [0.717, 1.165) is 0 Å². The molecule has 0 saturated carbocycles. The van der Waals surface area contributed by atoms with Gasteiger partial charge in [-0.05, 0) is 39.3 Å². The van der Waals surface area contributed by atoms with Crippen LogP contribution in [0.2, 0.25) is 10.0 Å². The second kappa shape index (κ2) is 8.77. The average molecular weight is 416 g/mol. The molecule has 1 aromatic carbocycles. The summed E-state index contributed by atoms with van der Waals surface area (Å²) in [7, 11) is 1.62. The van der Waals surface area contributed by atoms with Crippen LogP contribution in [0.25, 0.3) is 5.69 Å². The Morgan fingerprint density at radius 1 is 1.30 bits per heavy atom. The number of aryl methyl sites for hydroxylation is 1. The lowest BCUT2D eigenvalue weighted by molar-refractivity contribution is -0.137. The molecule has 0 aliphatic carbocycles. The molecule has 148 valence electrons. The molecule has 1 amide bonds. The minimum atomic E-state index is -0.586. The quantitative estimate of drug-likeness (QED) is 0.678. The Morgan fingerprint density at radius 2 is 1.96 bits per heavy atom. The Balaban J connectivity index is 2.36. The molecule has 0 aliphatic heterocycles. The number of halogens is 2. The summed E-state index contributed by atoms with van der Waals surface area (Å²) in [5, 5.41) is 7.86. The van der Waals surface area contributed by atoms with Gasteiger partial charge in [0.1, 0.15) is 11.9 Å². The number of aromatic nitrogens is 3. The van der Waals surface area contributed by atoms with E-state index in [1.165, 1.54) is 15.3 Å². The maximum Gasteiger partial charge on any atom is 0.350 e. The number of anilines is 1. The first-order valence-corrected chi connectivity index (χ1v) is 9.25. The van der Waals surface area contributed by atoms with Crippen LogP contribution in [0.1, 0.15) is 33.0 Å². The van der Waals surface area contributed by atoms with Crippen molar-refractivity contribution in [2.24, 2.45) is 7.05 Å². The van der Waals surface area contributed by atoms with Gasteiger partial charge in [0.25, 0.3) is 5.91 Å². The molecule has 1 unspecified atom stereocenters. The van der Waals surface area contributed by atoms with Gasteiger partial charge in [-0.15, -0.1) is 0 Å². The van der Waals surface area contributed by atoms with Crippen molar-refractivity contribution in [2.45, 2.75) is 46.3 Å². The molecule has 8 nitrogen and oxygen atoms in total. The third kappa shape index (κ3) is 4.82. The summed E-state index contributed by atoms with van der Waals surface area (Å²) in [6.07, 6.45) is 0.348. The van der Waals surface area contributed by atoms with Crippen LogP contribution in [0.15, 0.2) is 16.9 Å². The zero-order chi connectivity index (χ0) is 20.3. The van der Waals surface area contributed by atoms with Gasteiger partial charge in [0.15, 0.2) is 0 Å². The van der Waals surface area contributed by atoms with E-state index in [-0.39, 0.29) is 22.7 Å². The minimum absolute atomic E-state index is 0.142. The number of benzene rings is 1. The summed E-state index contributed by atoms with van der Waals surface area (Å²) in [5.74, 6) is 0.210. The summed E-state index contributed by atoms with van der Waals surface area (Å²) in [5.41, 5.74) is 2.90. The Labute approximate surface area is 167 Å². The molecule has 0 bridgehead atoms. The van der Waals surface area contributed by atoms with E-state index >= 15 is 0 Å². The predicted molar refractivity (Wildman–Crippen MR) is 106 cm³/mol.